The normalized spacial score (nSPS) is 12.4. The maximum absolute atomic E-state index is 3.53. The van der Waals surface area contributed by atoms with E-state index < -0.39 is 0 Å². The lowest BCUT2D eigenvalue weighted by Crippen LogP contribution is -2.19. The van der Waals surface area contributed by atoms with Gasteiger partial charge in [-0.3, -0.25) is 0 Å². The number of hydrogen-bond acceptors (Lipinski definition) is 1. The van der Waals surface area contributed by atoms with Gasteiger partial charge in [0.05, 0.1) is 0 Å². The zero-order valence-corrected chi connectivity index (χ0v) is 13.1. The molecule has 0 radical (unpaired) electrons. The van der Waals surface area contributed by atoms with Crippen LogP contribution in [0.3, 0.4) is 0 Å². The van der Waals surface area contributed by atoms with Gasteiger partial charge in [-0.25, -0.2) is 0 Å². The van der Waals surface area contributed by atoms with Crippen LogP contribution >= 0.6 is 15.9 Å². The van der Waals surface area contributed by atoms with Crippen LogP contribution in [0.15, 0.2) is 53.0 Å². The third-order valence-electron chi connectivity index (χ3n) is 3.31. The molecule has 2 aromatic carbocycles. The largest absolute Gasteiger partial charge is 0.310 e. The molecule has 0 aromatic heterocycles. The highest BCUT2D eigenvalue weighted by atomic mass is 79.9. The summed E-state index contributed by atoms with van der Waals surface area (Å²) in [5.41, 5.74) is 3.89. The molecule has 100 valence electrons. The van der Waals surface area contributed by atoms with Crippen LogP contribution in [0.5, 0.6) is 0 Å². The first-order chi connectivity index (χ1) is 9.24. The third-order valence-corrected chi connectivity index (χ3v) is 3.80. The Morgan fingerprint density at radius 1 is 1.00 bits per heavy atom. The van der Waals surface area contributed by atoms with E-state index in [1.54, 1.807) is 0 Å². The van der Waals surface area contributed by atoms with Gasteiger partial charge in [-0.1, -0.05) is 60.1 Å². The molecule has 0 spiro atoms. The summed E-state index contributed by atoms with van der Waals surface area (Å²) in [4.78, 5) is 0. The highest BCUT2D eigenvalue weighted by molar-refractivity contribution is 9.10. The Morgan fingerprint density at radius 3 is 2.32 bits per heavy atom. The van der Waals surface area contributed by atoms with Crippen molar-refractivity contribution in [1.29, 1.82) is 0 Å². The first-order valence-corrected chi connectivity index (χ1v) is 7.63. The third kappa shape index (κ3) is 3.68. The molecule has 0 bridgehead atoms. The summed E-state index contributed by atoms with van der Waals surface area (Å²) in [6, 6.07) is 17.7. The van der Waals surface area contributed by atoms with Crippen molar-refractivity contribution in [2.45, 2.75) is 26.3 Å². The molecule has 19 heavy (non-hydrogen) atoms. The van der Waals surface area contributed by atoms with E-state index in [4.69, 9.17) is 0 Å². The number of benzene rings is 2. The van der Waals surface area contributed by atoms with Crippen LogP contribution in [0.2, 0.25) is 0 Å². The maximum atomic E-state index is 3.53. The first-order valence-electron chi connectivity index (χ1n) is 6.84. The van der Waals surface area contributed by atoms with Crippen LogP contribution in [0.25, 0.3) is 11.1 Å². The summed E-state index contributed by atoms with van der Waals surface area (Å²) in [7, 11) is 0. The lowest BCUT2D eigenvalue weighted by molar-refractivity contribution is 0.537. The van der Waals surface area contributed by atoms with Crippen molar-refractivity contribution in [2.75, 3.05) is 6.54 Å². The fourth-order valence-electron chi connectivity index (χ4n) is 2.35. The molecule has 1 nitrogen and oxygen atoms in total. The molecule has 0 heterocycles. The van der Waals surface area contributed by atoms with Crippen LogP contribution in [-0.2, 0) is 0 Å². The number of hydrogen-bond donors (Lipinski definition) is 1. The molecule has 2 heteroatoms. The molecule has 0 aliphatic rings. The molecule has 0 fully saturated rings. The molecule has 1 unspecified atom stereocenters. The van der Waals surface area contributed by atoms with Crippen molar-refractivity contribution < 1.29 is 0 Å². The van der Waals surface area contributed by atoms with E-state index in [0.717, 1.165) is 17.4 Å². The van der Waals surface area contributed by atoms with Crippen LogP contribution in [-0.4, -0.2) is 6.54 Å². The molecule has 0 amide bonds. The Morgan fingerprint density at radius 2 is 1.68 bits per heavy atom. The van der Waals surface area contributed by atoms with E-state index >= 15 is 0 Å². The second-order valence-electron chi connectivity index (χ2n) is 4.65. The summed E-state index contributed by atoms with van der Waals surface area (Å²) in [5, 5.41) is 3.53. The van der Waals surface area contributed by atoms with Crippen LogP contribution in [0.4, 0.5) is 0 Å². The zero-order chi connectivity index (χ0) is 13.7. The molecule has 1 N–H and O–H groups in total. The van der Waals surface area contributed by atoms with Crippen molar-refractivity contribution >= 4 is 15.9 Å². The second-order valence-corrected chi connectivity index (χ2v) is 5.57. The van der Waals surface area contributed by atoms with E-state index in [0.29, 0.717) is 6.04 Å². The molecule has 0 aliphatic heterocycles. The van der Waals surface area contributed by atoms with E-state index in [2.05, 4.69) is 83.6 Å². The van der Waals surface area contributed by atoms with Gasteiger partial charge in [0.25, 0.3) is 0 Å². The van der Waals surface area contributed by atoms with Crippen molar-refractivity contribution in [2.24, 2.45) is 0 Å². The maximum Gasteiger partial charge on any atom is 0.0317 e. The van der Waals surface area contributed by atoms with E-state index in [1.807, 2.05) is 0 Å². The van der Waals surface area contributed by atoms with Gasteiger partial charge in [0.1, 0.15) is 0 Å². The molecule has 0 saturated carbocycles. The fourth-order valence-corrected chi connectivity index (χ4v) is 2.75. The van der Waals surface area contributed by atoms with Gasteiger partial charge < -0.3 is 5.32 Å². The van der Waals surface area contributed by atoms with E-state index in [9.17, 15) is 0 Å². The monoisotopic (exact) mass is 317 g/mol. The fraction of sp³-hybridized carbons (Fsp3) is 0.294. The molecule has 0 saturated heterocycles. The van der Waals surface area contributed by atoms with Gasteiger partial charge in [-0.15, -0.1) is 0 Å². The number of nitrogens with one attached hydrogen (secondary N) is 1. The Bertz CT molecular complexity index is 536. The quantitative estimate of drug-likeness (QED) is 0.801. The van der Waals surface area contributed by atoms with Crippen LogP contribution < -0.4 is 5.32 Å². The van der Waals surface area contributed by atoms with Gasteiger partial charge in [0.2, 0.25) is 0 Å². The van der Waals surface area contributed by atoms with Gasteiger partial charge in [-0.2, -0.15) is 0 Å². The lowest BCUT2D eigenvalue weighted by Gasteiger charge is -2.17. The van der Waals surface area contributed by atoms with Gasteiger partial charge in [0, 0.05) is 10.5 Å². The Balaban J connectivity index is 2.33. The molecular formula is C17H20BrN. The van der Waals surface area contributed by atoms with Crippen molar-refractivity contribution in [3.8, 4) is 11.1 Å². The summed E-state index contributed by atoms with van der Waals surface area (Å²) in [6.07, 6.45) is 1.11. The standard InChI is InChI=1S/C17H20BrN/c1-3-17(19-4-2)15-9-5-7-13(11-15)14-8-6-10-16(18)12-14/h5-12,17,19H,3-4H2,1-2H3. The predicted octanol–water partition coefficient (Wildman–Crippen LogP) is 5.18. The van der Waals surface area contributed by atoms with Crippen LogP contribution in [0.1, 0.15) is 31.9 Å². The second kappa shape index (κ2) is 6.88. The minimum Gasteiger partial charge on any atom is -0.310 e. The van der Waals surface area contributed by atoms with E-state index in [-0.39, 0.29) is 0 Å². The summed E-state index contributed by atoms with van der Waals surface area (Å²) in [5.74, 6) is 0. The van der Waals surface area contributed by atoms with Crippen molar-refractivity contribution in [3.05, 3.63) is 58.6 Å². The van der Waals surface area contributed by atoms with Gasteiger partial charge in [-0.05, 0) is 47.9 Å². The zero-order valence-electron chi connectivity index (χ0n) is 11.5. The predicted molar refractivity (Wildman–Crippen MR) is 86.3 cm³/mol. The Hall–Kier alpha value is -1.12. The first kappa shape index (κ1) is 14.3. The molecular weight excluding hydrogens is 298 g/mol. The van der Waals surface area contributed by atoms with Crippen LogP contribution in [0, 0.1) is 0 Å². The summed E-state index contributed by atoms with van der Waals surface area (Å²) >= 11 is 3.53. The molecule has 0 aliphatic carbocycles. The number of rotatable bonds is 5. The van der Waals surface area contributed by atoms with E-state index in [1.165, 1.54) is 16.7 Å². The van der Waals surface area contributed by atoms with Crippen molar-refractivity contribution in [3.63, 3.8) is 0 Å². The molecule has 1 atom stereocenters. The molecule has 2 rings (SSSR count). The lowest BCUT2D eigenvalue weighted by atomic mass is 9.98. The smallest absolute Gasteiger partial charge is 0.0317 e. The minimum absolute atomic E-state index is 0.442. The van der Waals surface area contributed by atoms with Crippen molar-refractivity contribution in [1.82, 2.24) is 5.32 Å². The minimum atomic E-state index is 0.442. The highest BCUT2D eigenvalue weighted by Gasteiger charge is 2.08. The van der Waals surface area contributed by atoms with Gasteiger partial charge in [0.15, 0.2) is 0 Å². The SMILES string of the molecule is CCNC(CC)c1cccc(-c2cccc(Br)c2)c1. The average Bonchev–Trinajstić information content (AvgIpc) is 2.45. The van der Waals surface area contributed by atoms with Gasteiger partial charge >= 0.3 is 0 Å². The Kier molecular flexibility index (Phi) is 5.17. The average molecular weight is 318 g/mol. The summed E-state index contributed by atoms with van der Waals surface area (Å²) in [6.45, 7) is 5.37. The topological polar surface area (TPSA) is 12.0 Å². The summed E-state index contributed by atoms with van der Waals surface area (Å²) < 4.78 is 1.12. The number of halogens is 1. The highest BCUT2D eigenvalue weighted by Crippen LogP contribution is 2.26. The Labute approximate surface area is 124 Å². The molecule has 2 aromatic rings.